The van der Waals surface area contributed by atoms with E-state index in [-0.39, 0.29) is 52.7 Å². The summed E-state index contributed by atoms with van der Waals surface area (Å²) in [5.74, 6) is 0. The molecule has 2 aromatic heterocycles. The van der Waals surface area contributed by atoms with Crippen LogP contribution in [0.5, 0.6) is 0 Å². The van der Waals surface area contributed by atoms with Crippen LogP contribution >= 0.6 is 0 Å². The number of aromatic nitrogens is 2. The van der Waals surface area contributed by atoms with Gasteiger partial charge in [-0.05, 0) is 46.2 Å². The van der Waals surface area contributed by atoms with Gasteiger partial charge < -0.3 is 24.8 Å². The number of hydrogen-bond donors (Lipinski definition) is 0. The Kier molecular flexibility index (Phi) is 9.68. The minimum absolute atomic E-state index is 0. The van der Waals surface area contributed by atoms with Crippen LogP contribution in [0, 0.1) is 0 Å². The fraction of sp³-hybridized carbons (Fsp3) is 0.444. The zero-order chi connectivity index (χ0) is 15.0. The van der Waals surface area contributed by atoms with Crippen molar-refractivity contribution >= 4 is 0 Å². The van der Waals surface area contributed by atoms with Gasteiger partial charge in [-0.1, -0.05) is 41.5 Å². The van der Waals surface area contributed by atoms with Crippen LogP contribution in [-0.4, -0.2) is 9.97 Å². The molecule has 0 N–H and O–H groups in total. The Morgan fingerprint density at radius 3 is 1.22 bits per heavy atom. The van der Waals surface area contributed by atoms with E-state index in [0.717, 1.165) is 11.4 Å². The van der Waals surface area contributed by atoms with Crippen molar-refractivity contribution in [2.75, 3.05) is 0 Å². The second-order valence-electron chi connectivity index (χ2n) is 7.36. The molecule has 23 heavy (non-hydrogen) atoms. The maximum Gasteiger partial charge on any atom is 2.00 e. The Morgan fingerprint density at radius 2 is 0.957 bits per heavy atom. The summed E-state index contributed by atoms with van der Waals surface area (Å²) in [5, 5.41) is 0. The van der Waals surface area contributed by atoms with Crippen LogP contribution in [0.3, 0.4) is 0 Å². The number of halogens is 2. The third kappa shape index (κ3) is 6.43. The van der Waals surface area contributed by atoms with Gasteiger partial charge in [0.25, 0.3) is 0 Å². The van der Waals surface area contributed by atoms with Crippen molar-refractivity contribution in [1.29, 1.82) is 0 Å². The molecule has 0 spiro atoms. The smallest absolute Gasteiger partial charge is 1.00 e. The van der Waals surface area contributed by atoms with Gasteiger partial charge in [-0.3, -0.25) is 9.97 Å². The second kappa shape index (κ2) is 9.03. The molecule has 131 valence electrons. The molecule has 0 atom stereocenters. The third-order valence-corrected chi connectivity index (χ3v) is 3.51. The molecule has 0 fully saturated rings. The number of nitrogens with zero attached hydrogens (tertiary/aromatic N) is 2. The second-order valence-corrected chi connectivity index (χ2v) is 7.36. The number of rotatable bonds is 1. The molecule has 0 saturated heterocycles. The van der Waals surface area contributed by atoms with Gasteiger partial charge in [0.15, 0.2) is 0 Å². The van der Waals surface area contributed by atoms with Crippen LogP contribution in [0.15, 0.2) is 36.7 Å². The predicted molar refractivity (Wildman–Crippen MR) is 84.9 cm³/mol. The SMILES string of the molecule is CC(C)(C)c1ccnc(-c2cc(C(C)(C)C)ccn2)c1.[Cl-].[Cl-].[Cu+2]. The van der Waals surface area contributed by atoms with Crippen molar-refractivity contribution in [1.82, 2.24) is 9.97 Å². The summed E-state index contributed by atoms with van der Waals surface area (Å²) >= 11 is 0. The topological polar surface area (TPSA) is 25.8 Å². The van der Waals surface area contributed by atoms with Gasteiger partial charge in [-0.15, -0.1) is 0 Å². The molecule has 0 aliphatic heterocycles. The molecule has 0 aromatic carbocycles. The first-order valence-corrected chi connectivity index (χ1v) is 7.11. The van der Waals surface area contributed by atoms with Gasteiger partial charge >= 0.3 is 17.1 Å². The first-order valence-electron chi connectivity index (χ1n) is 7.11. The fourth-order valence-electron chi connectivity index (χ4n) is 2.07. The summed E-state index contributed by atoms with van der Waals surface area (Å²) in [7, 11) is 0. The first kappa shape index (κ1) is 24.6. The summed E-state index contributed by atoms with van der Waals surface area (Å²) in [5.41, 5.74) is 4.71. The van der Waals surface area contributed by atoms with Crippen molar-refractivity contribution < 1.29 is 41.9 Å². The number of pyridine rings is 2. The summed E-state index contributed by atoms with van der Waals surface area (Å²) in [6.45, 7) is 13.3. The Bertz CT molecular complexity index is 561. The van der Waals surface area contributed by atoms with Crippen molar-refractivity contribution in [3.63, 3.8) is 0 Å². The molecule has 2 rings (SSSR count). The van der Waals surface area contributed by atoms with Gasteiger partial charge in [0.05, 0.1) is 11.4 Å². The van der Waals surface area contributed by atoms with Gasteiger partial charge in [0.1, 0.15) is 0 Å². The summed E-state index contributed by atoms with van der Waals surface area (Å²) < 4.78 is 0. The molecule has 0 bridgehead atoms. The minimum Gasteiger partial charge on any atom is -1.00 e. The van der Waals surface area contributed by atoms with Crippen molar-refractivity contribution in [3.05, 3.63) is 47.8 Å². The largest absolute Gasteiger partial charge is 2.00 e. The van der Waals surface area contributed by atoms with E-state index in [9.17, 15) is 0 Å². The molecule has 1 radical (unpaired) electrons. The zero-order valence-corrected chi connectivity index (χ0v) is 16.9. The molecule has 2 nitrogen and oxygen atoms in total. The van der Waals surface area contributed by atoms with Gasteiger partial charge in [-0.2, -0.15) is 0 Å². The standard InChI is InChI=1S/C18H24N2.2ClH.Cu/c1-17(2,3)13-7-9-19-15(11-13)16-12-14(8-10-20-16)18(4,5)6;;;/h7-12H,1-6H3;2*1H;/q;;;+2/p-2. The summed E-state index contributed by atoms with van der Waals surface area (Å²) in [4.78, 5) is 8.97. The van der Waals surface area contributed by atoms with Gasteiger partial charge in [-0.25, -0.2) is 0 Å². The molecule has 2 heterocycles. The van der Waals surface area contributed by atoms with E-state index in [1.165, 1.54) is 11.1 Å². The average Bonchev–Trinajstić information content (AvgIpc) is 2.37. The van der Waals surface area contributed by atoms with E-state index in [1.807, 2.05) is 12.4 Å². The molecule has 0 amide bonds. The molecule has 0 aliphatic rings. The maximum absolute atomic E-state index is 4.48. The normalized spacial score (nSPS) is 10.9. The van der Waals surface area contributed by atoms with Crippen LogP contribution < -0.4 is 24.8 Å². The predicted octanol–water partition coefficient (Wildman–Crippen LogP) is -1.26. The van der Waals surface area contributed by atoms with E-state index in [0.29, 0.717) is 0 Å². The Morgan fingerprint density at radius 1 is 0.652 bits per heavy atom. The van der Waals surface area contributed by atoms with E-state index in [4.69, 9.17) is 0 Å². The van der Waals surface area contributed by atoms with Gasteiger partial charge in [0, 0.05) is 12.4 Å². The van der Waals surface area contributed by atoms with E-state index in [1.54, 1.807) is 0 Å². The maximum atomic E-state index is 4.48. The van der Waals surface area contributed by atoms with Crippen molar-refractivity contribution in [2.24, 2.45) is 0 Å². The molecule has 0 aliphatic carbocycles. The third-order valence-electron chi connectivity index (χ3n) is 3.51. The van der Waals surface area contributed by atoms with Crippen LogP contribution in [0.2, 0.25) is 0 Å². The van der Waals surface area contributed by atoms with Crippen LogP contribution in [0.4, 0.5) is 0 Å². The molecular formula is C18H24Cl2CuN2. The van der Waals surface area contributed by atoms with Crippen molar-refractivity contribution in [3.8, 4) is 11.4 Å². The summed E-state index contributed by atoms with van der Waals surface area (Å²) in [6, 6.07) is 8.46. The minimum atomic E-state index is 0. The van der Waals surface area contributed by atoms with E-state index < -0.39 is 0 Å². The first-order chi connectivity index (χ1) is 9.18. The van der Waals surface area contributed by atoms with Crippen LogP contribution in [-0.2, 0) is 27.9 Å². The zero-order valence-electron chi connectivity index (χ0n) is 14.4. The van der Waals surface area contributed by atoms with E-state index >= 15 is 0 Å². The van der Waals surface area contributed by atoms with Crippen molar-refractivity contribution in [2.45, 2.75) is 52.4 Å². The Balaban J connectivity index is 0. The Labute approximate surface area is 163 Å². The van der Waals surface area contributed by atoms with Crippen LogP contribution in [0.1, 0.15) is 52.7 Å². The number of hydrogen-bond acceptors (Lipinski definition) is 2. The molecule has 5 heteroatoms. The van der Waals surface area contributed by atoms with Gasteiger partial charge in [0.2, 0.25) is 0 Å². The molecule has 2 aromatic rings. The molecular weight excluding hydrogens is 379 g/mol. The monoisotopic (exact) mass is 401 g/mol. The van der Waals surface area contributed by atoms with E-state index in [2.05, 4.69) is 75.8 Å². The molecule has 0 unspecified atom stereocenters. The van der Waals surface area contributed by atoms with Crippen LogP contribution in [0.25, 0.3) is 11.4 Å². The fourth-order valence-corrected chi connectivity index (χ4v) is 2.07. The average molecular weight is 403 g/mol. The quantitative estimate of drug-likeness (QED) is 0.557. The molecule has 0 saturated carbocycles. The Hall–Kier alpha value is -0.601. The summed E-state index contributed by atoms with van der Waals surface area (Å²) in [6.07, 6.45) is 3.75.